The van der Waals surface area contributed by atoms with E-state index in [0.717, 1.165) is 0 Å². The average molecular weight is 302 g/mol. The predicted molar refractivity (Wildman–Crippen MR) is 64.1 cm³/mol. The van der Waals surface area contributed by atoms with Crippen molar-refractivity contribution in [2.75, 3.05) is 0 Å². The molecule has 1 heterocycles. The van der Waals surface area contributed by atoms with E-state index in [2.05, 4.69) is 20.9 Å². The number of rotatable bonds is 2. The summed E-state index contributed by atoms with van der Waals surface area (Å²) in [5.41, 5.74) is -0.685. The molecule has 1 aromatic heterocycles. The fourth-order valence-electron chi connectivity index (χ4n) is 1.06. The van der Waals surface area contributed by atoms with Gasteiger partial charge in [0.1, 0.15) is 15.9 Å². The van der Waals surface area contributed by atoms with Crippen LogP contribution in [-0.4, -0.2) is 27.6 Å². The van der Waals surface area contributed by atoms with Crippen molar-refractivity contribution in [3.8, 4) is 0 Å². The molecule has 0 spiro atoms. The number of aromatic nitrogens is 1. The van der Waals surface area contributed by atoms with Crippen molar-refractivity contribution in [2.24, 2.45) is 0 Å². The van der Waals surface area contributed by atoms with Crippen LogP contribution in [0.15, 0.2) is 16.7 Å². The summed E-state index contributed by atoms with van der Waals surface area (Å²) >= 11 is 3.05. The zero-order valence-corrected chi connectivity index (χ0v) is 11.2. The summed E-state index contributed by atoms with van der Waals surface area (Å²) in [6.45, 7) is 5.21. The third-order valence-electron chi connectivity index (χ3n) is 1.65. The molecule has 0 unspecified atom stereocenters. The number of carboxylic acids is 1. The Bertz CT molecular complexity index is 465. The van der Waals surface area contributed by atoms with Crippen LogP contribution in [-0.2, 0) is 4.74 Å². The number of hydrogen-bond acceptors (Lipinski definition) is 4. The second-order valence-electron chi connectivity index (χ2n) is 4.37. The Morgan fingerprint density at radius 1 is 1.35 bits per heavy atom. The van der Waals surface area contributed by atoms with Gasteiger partial charge in [-0.05, 0) is 48.8 Å². The number of carbonyl (C=O) groups is 2. The Balaban J connectivity index is 3.06. The van der Waals surface area contributed by atoms with Gasteiger partial charge in [-0.2, -0.15) is 0 Å². The maximum Gasteiger partial charge on any atom is 0.354 e. The number of aromatic carboxylic acids is 1. The fraction of sp³-hybridized carbons (Fsp3) is 0.364. The number of nitrogens with zero attached hydrogens (tertiary/aromatic N) is 1. The van der Waals surface area contributed by atoms with Gasteiger partial charge < -0.3 is 9.84 Å². The van der Waals surface area contributed by atoms with E-state index in [1.54, 1.807) is 20.8 Å². The Hall–Kier alpha value is -1.43. The first kappa shape index (κ1) is 13.6. The van der Waals surface area contributed by atoms with Gasteiger partial charge in [-0.3, -0.25) is 0 Å². The number of ether oxygens (including phenoxy) is 1. The Morgan fingerprint density at radius 2 is 1.94 bits per heavy atom. The second kappa shape index (κ2) is 4.83. The maximum absolute atomic E-state index is 11.7. The lowest BCUT2D eigenvalue weighted by Crippen LogP contribution is -2.24. The van der Waals surface area contributed by atoms with Gasteiger partial charge >= 0.3 is 11.9 Å². The normalized spacial score (nSPS) is 11.1. The Labute approximate surface area is 107 Å². The highest BCUT2D eigenvalue weighted by molar-refractivity contribution is 9.10. The molecule has 0 amide bonds. The average Bonchev–Trinajstić information content (AvgIpc) is 2.13. The number of halogens is 1. The SMILES string of the molecule is CC(C)(C)OC(=O)c1cc(Br)nc(C(=O)O)c1. The maximum atomic E-state index is 11.7. The molecule has 0 atom stereocenters. The first-order chi connectivity index (χ1) is 7.69. The highest BCUT2D eigenvalue weighted by Gasteiger charge is 2.20. The number of carboxylic acid groups (broad SMARTS) is 1. The predicted octanol–water partition coefficient (Wildman–Crippen LogP) is 2.50. The summed E-state index contributed by atoms with van der Waals surface area (Å²) in [5, 5.41) is 8.81. The second-order valence-corrected chi connectivity index (χ2v) is 5.18. The van der Waals surface area contributed by atoms with Crippen LogP contribution in [0.4, 0.5) is 0 Å². The minimum atomic E-state index is -1.20. The van der Waals surface area contributed by atoms with Crippen molar-refractivity contribution in [1.29, 1.82) is 0 Å². The van der Waals surface area contributed by atoms with E-state index >= 15 is 0 Å². The molecule has 0 saturated heterocycles. The first-order valence-corrected chi connectivity index (χ1v) is 5.62. The number of carbonyl (C=O) groups excluding carboxylic acids is 1. The molecular formula is C11H12BrNO4. The molecule has 17 heavy (non-hydrogen) atoms. The van der Waals surface area contributed by atoms with Crippen molar-refractivity contribution < 1.29 is 19.4 Å². The monoisotopic (exact) mass is 301 g/mol. The minimum absolute atomic E-state index is 0.152. The molecule has 1 aromatic rings. The van der Waals surface area contributed by atoms with E-state index in [0.29, 0.717) is 0 Å². The van der Waals surface area contributed by atoms with Crippen LogP contribution in [0.5, 0.6) is 0 Å². The van der Waals surface area contributed by atoms with Gasteiger partial charge in [-0.25, -0.2) is 14.6 Å². The van der Waals surface area contributed by atoms with Crippen LogP contribution in [0.1, 0.15) is 41.6 Å². The largest absolute Gasteiger partial charge is 0.477 e. The van der Waals surface area contributed by atoms with E-state index in [1.807, 2.05) is 0 Å². The molecule has 0 saturated carbocycles. The summed E-state index contributed by atoms with van der Waals surface area (Å²) in [6, 6.07) is 2.60. The smallest absolute Gasteiger partial charge is 0.354 e. The first-order valence-electron chi connectivity index (χ1n) is 4.83. The van der Waals surface area contributed by atoms with E-state index in [1.165, 1.54) is 12.1 Å². The summed E-state index contributed by atoms with van der Waals surface area (Å²) < 4.78 is 5.41. The number of esters is 1. The van der Waals surface area contributed by atoms with Crippen LogP contribution >= 0.6 is 15.9 Å². The highest BCUT2D eigenvalue weighted by atomic mass is 79.9. The summed E-state index contributed by atoms with van der Waals surface area (Å²) in [4.78, 5) is 26.2. The van der Waals surface area contributed by atoms with E-state index in [-0.39, 0.29) is 15.9 Å². The molecule has 0 radical (unpaired) electrons. The fourth-order valence-corrected chi connectivity index (χ4v) is 1.50. The molecule has 0 aromatic carbocycles. The molecule has 6 heteroatoms. The van der Waals surface area contributed by atoms with Crippen LogP contribution in [0.25, 0.3) is 0 Å². The molecule has 1 N–H and O–H groups in total. The van der Waals surface area contributed by atoms with Crippen LogP contribution in [0.2, 0.25) is 0 Å². The number of pyridine rings is 1. The molecule has 1 rings (SSSR count). The topological polar surface area (TPSA) is 76.5 Å². The van der Waals surface area contributed by atoms with Crippen molar-refractivity contribution >= 4 is 27.9 Å². The molecule has 0 aliphatic carbocycles. The quantitative estimate of drug-likeness (QED) is 0.671. The van der Waals surface area contributed by atoms with Crippen molar-refractivity contribution in [1.82, 2.24) is 4.98 Å². The third-order valence-corrected chi connectivity index (χ3v) is 2.05. The van der Waals surface area contributed by atoms with E-state index in [4.69, 9.17) is 9.84 Å². The number of hydrogen-bond donors (Lipinski definition) is 1. The molecule has 0 bridgehead atoms. The third kappa shape index (κ3) is 4.14. The van der Waals surface area contributed by atoms with Crippen LogP contribution < -0.4 is 0 Å². The molecule has 5 nitrogen and oxygen atoms in total. The molecule has 92 valence electrons. The molecule has 0 aliphatic heterocycles. The van der Waals surface area contributed by atoms with Gasteiger partial charge in [0.05, 0.1) is 5.56 Å². The molecule has 0 aliphatic rings. The summed E-state index contributed by atoms with van der Waals surface area (Å²) in [6.07, 6.45) is 0. The zero-order chi connectivity index (χ0) is 13.2. The summed E-state index contributed by atoms with van der Waals surface area (Å²) in [7, 11) is 0. The standard InChI is InChI=1S/C11H12BrNO4/c1-11(2,3)17-10(16)6-4-7(9(14)15)13-8(12)5-6/h4-5H,1-3H3,(H,14,15). The molecular weight excluding hydrogens is 290 g/mol. The highest BCUT2D eigenvalue weighted by Crippen LogP contribution is 2.16. The van der Waals surface area contributed by atoms with Crippen molar-refractivity contribution in [3.05, 3.63) is 28.0 Å². The molecule has 0 fully saturated rings. The minimum Gasteiger partial charge on any atom is -0.477 e. The van der Waals surface area contributed by atoms with Gasteiger partial charge in [0.15, 0.2) is 0 Å². The zero-order valence-electron chi connectivity index (χ0n) is 9.65. The van der Waals surface area contributed by atoms with E-state index < -0.39 is 17.5 Å². The lowest BCUT2D eigenvalue weighted by Gasteiger charge is -2.19. The van der Waals surface area contributed by atoms with Gasteiger partial charge in [0, 0.05) is 0 Å². The van der Waals surface area contributed by atoms with Crippen LogP contribution in [0.3, 0.4) is 0 Å². The van der Waals surface area contributed by atoms with E-state index in [9.17, 15) is 9.59 Å². The van der Waals surface area contributed by atoms with Gasteiger partial charge in [-0.15, -0.1) is 0 Å². The van der Waals surface area contributed by atoms with Gasteiger partial charge in [0.2, 0.25) is 0 Å². The van der Waals surface area contributed by atoms with Crippen molar-refractivity contribution in [2.45, 2.75) is 26.4 Å². The Morgan fingerprint density at radius 3 is 2.41 bits per heavy atom. The van der Waals surface area contributed by atoms with Crippen molar-refractivity contribution in [3.63, 3.8) is 0 Å². The Kier molecular flexibility index (Phi) is 3.87. The van der Waals surface area contributed by atoms with Crippen LogP contribution in [0, 0.1) is 0 Å². The van der Waals surface area contributed by atoms with Gasteiger partial charge in [0.25, 0.3) is 0 Å². The van der Waals surface area contributed by atoms with Gasteiger partial charge in [-0.1, -0.05) is 0 Å². The lowest BCUT2D eigenvalue weighted by atomic mass is 10.2. The summed E-state index contributed by atoms with van der Waals surface area (Å²) in [5.74, 6) is -1.78. The lowest BCUT2D eigenvalue weighted by molar-refractivity contribution is 0.00693.